The van der Waals surface area contributed by atoms with Crippen LogP contribution in [-0.2, 0) is 0 Å². The van der Waals surface area contributed by atoms with Crippen LogP contribution in [0.4, 0.5) is 5.69 Å². The Labute approximate surface area is 104 Å². The third-order valence-corrected chi connectivity index (χ3v) is 2.72. The Bertz CT molecular complexity index is 342. The van der Waals surface area contributed by atoms with Crippen molar-refractivity contribution in [3.63, 3.8) is 0 Å². The Morgan fingerprint density at radius 3 is 2.67 bits per heavy atom. The fourth-order valence-electron chi connectivity index (χ4n) is 1.21. The maximum Gasteiger partial charge on any atom is 0.156 e. The average molecular weight is 293 g/mol. The van der Waals surface area contributed by atoms with Crippen LogP contribution >= 0.6 is 27.5 Å². The van der Waals surface area contributed by atoms with Gasteiger partial charge in [-0.2, -0.15) is 0 Å². The predicted octanol–water partition coefficient (Wildman–Crippen LogP) is 4.18. The molecular weight excluding hydrogens is 277 g/mol. The molecule has 0 spiro atoms. The van der Waals surface area contributed by atoms with Gasteiger partial charge in [-0.3, -0.25) is 0 Å². The molecule has 0 unspecified atom stereocenters. The standard InChI is InChI=1S/C11H15BrClNO/c1-7(2)6-14-10-5-8(13)4-9(12)11(10)15-3/h4-5,7,14H,6H2,1-3H3. The van der Waals surface area contributed by atoms with Gasteiger partial charge in [0.2, 0.25) is 0 Å². The number of methoxy groups -OCH3 is 1. The zero-order valence-corrected chi connectivity index (χ0v) is 11.4. The summed E-state index contributed by atoms with van der Waals surface area (Å²) in [5.74, 6) is 1.37. The van der Waals surface area contributed by atoms with Gasteiger partial charge in [0.15, 0.2) is 5.75 Å². The fourth-order valence-corrected chi connectivity index (χ4v) is 2.19. The van der Waals surface area contributed by atoms with E-state index in [1.165, 1.54) is 0 Å². The van der Waals surface area contributed by atoms with E-state index in [4.69, 9.17) is 16.3 Å². The Hall–Kier alpha value is -0.410. The summed E-state index contributed by atoms with van der Waals surface area (Å²) in [6, 6.07) is 3.69. The quantitative estimate of drug-likeness (QED) is 0.899. The molecular formula is C11H15BrClNO. The molecule has 4 heteroatoms. The van der Waals surface area contributed by atoms with Crippen molar-refractivity contribution in [3.8, 4) is 5.75 Å². The minimum Gasteiger partial charge on any atom is -0.493 e. The van der Waals surface area contributed by atoms with Crippen molar-refractivity contribution in [3.05, 3.63) is 21.6 Å². The van der Waals surface area contributed by atoms with E-state index in [1.807, 2.05) is 12.1 Å². The van der Waals surface area contributed by atoms with Gasteiger partial charge >= 0.3 is 0 Å². The number of ether oxygens (including phenoxy) is 1. The highest BCUT2D eigenvalue weighted by Crippen LogP contribution is 2.36. The largest absolute Gasteiger partial charge is 0.493 e. The van der Waals surface area contributed by atoms with Crippen LogP contribution in [0.3, 0.4) is 0 Å². The second kappa shape index (κ2) is 5.61. The summed E-state index contributed by atoms with van der Waals surface area (Å²) in [6.45, 7) is 5.20. The van der Waals surface area contributed by atoms with E-state index in [2.05, 4.69) is 35.1 Å². The highest BCUT2D eigenvalue weighted by Gasteiger charge is 2.09. The summed E-state index contributed by atoms with van der Waals surface area (Å²) in [5.41, 5.74) is 0.922. The van der Waals surface area contributed by atoms with E-state index in [0.717, 1.165) is 22.5 Å². The molecule has 1 rings (SSSR count). The summed E-state index contributed by atoms with van der Waals surface area (Å²) >= 11 is 9.38. The Morgan fingerprint density at radius 2 is 2.13 bits per heavy atom. The van der Waals surface area contributed by atoms with Gasteiger partial charge in [-0.25, -0.2) is 0 Å². The van der Waals surface area contributed by atoms with Gasteiger partial charge in [0.1, 0.15) is 0 Å². The van der Waals surface area contributed by atoms with Gasteiger partial charge in [0, 0.05) is 11.6 Å². The molecule has 0 radical (unpaired) electrons. The van der Waals surface area contributed by atoms with Crippen LogP contribution in [0, 0.1) is 5.92 Å². The molecule has 1 aromatic carbocycles. The molecule has 15 heavy (non-hydrogen) atoms. The number of hydrogen-bond acceptors (Lipinski definition) is 2. The number of halogens is 2. The van der Waals surface area contributed by atoms with E-state index < -0.39 is 0 Å². The number of hydrogen-bond donors (Lipinski definition) is 1. The second-order valence-electron chi connectivity index (χ2n) is 3.74. The number of anilines is 1. The first-order valence-corrected chi connectivity index (χ1v) is 5.98. The lowest BCUT2D eigenvalue weighted by Gasteiger charge is -2.14. The zero-order valence-electron chi connectivity index (χ0n) is 9.10. The Balaban J connectivity index is 2.93. The van der Waals surface area contributed by atoms with Crippen molar-refractivity contribution >= 4 is 33.2 Å². The lowest BCUT2D eigenvalue weighted by atomic mass is 10.2. The van der Waals surface area contributed by atoms with Crippen molar-refractivity contribution in [2.45, 2.75) is 13.8 Å². The second-order valence-corrected chi connectivity index (χ2v) is 5.03. The maximum atomic E-state index is 5.97. The first-order valence-electron chi connectivity index (χ1n) is 4.81. The first kappa shape index (κ1) is 12.7. The van der Waals surface area contributed by atoms with E-state index >= 15 is 0 Å². The summed E-state index contributed by atoms with van der Waals surface area (Å²) in [6.07, 6.45) is 0. The van der Waals surface area contributed by atoms with Gasteiger partial charge in [-0.15, -0.1) is 0 Å². The lowest BCUT2D eigenvalue weighted by molar-refractivity contribution is 0.413. The van der Waals surface area contributed by atoms with Gasteiger partial charge < -0.3 is 10.1 Å². The lowest BCUT2D eigenvalue weighted by Crippen LogP contribution is -2.09. The molecule has 0 atom stereocenters. The van der Waals surface area contributed by atoms with Crippen LogP contribution in [-0.4, -0.2) is 13.7 Å². The van der Waals surface area contributed by atoms with E-state index in [1.54, 1.807) is 7.11 Å². The first-order chi connectivity index (χ1) is 7.04. The highest BCUT2D eigenvalue weighted by atomic mass is 79.9. The summed E-state index contributed by atoms with van der Waals surface area (Å²) < 4.78 is 6.16. The van der Waals surface area contributed by atoms with E-state index in [-0.39, 0.29) is 0 Å². The number of nitrogens with one attached hydrogen (secondary N) is 1. The normalized spacial score (nSPS) is 10.5. The Morgan fingerprint density at radius 1 is 1.47 bits per heavy atom. The van der Waals surface area contributed by atoms with Gasteiger partial charge in [0.25, 0.3) is 0 Å². The minimum absolute atomic E-state index is 0.576. The summed E-state index contributed by atoms with van der Waals surface area (Å²) in [7, 11) is 1.65. The van der Waals surface area contributed by atoms with Crippen LogP contribution in [0.5, 0.6) is 5.75 Å². The van der Waals surface area contributed by atoms with Crippen molar-refractivity contribution in [2.24, 2.45) is 5.92 Å². The monoisotopic (exact) mass is 291 g/mol. The van der Waals surface area contributed by atoms with Gasteiger partial charge in [-0.05, 0) is 34.0 Å². The van der Waals surface area contributed by atoms with Gasteiger partial charge in [-0.1, -0.05) is 25.4 Å². The topological polar surface area (TPSA) is 21.3 Å². The van der Waals surface area contributed by atoms with Crippen LogP contribution in [0.1, 0.15) is 13.8 Å². The molecule has 0 amide bonds. The number of rotatable bonds is 4. The van der Waals surface area contributed by atoms with Crippen LogP contribution in [0.15, 0.2) is 16.6 Å². The molecule has 2 nitrogen and oxygen atoms in total. The summed E-state index contributed by atoms with van der Waals surface area (Å²) in [4.78, 5) is 0. The molecule has 0 aliphatic rings. The molecule has 0 fully saturated rings. The molecule has 1 N–H and O–H groups in total. The van der Waals surface area contributed by atoms with Crippen molar-refractivity contribution in [1.29, 1.82) is 0 Å². The molecule has 0 aliphatic heterocycles. The van der Waals surface area contributed by atoms with Crippen molar-refractivity contribution in [1.82, 2.24) is 0 Å². The molecule has 0 saturated carbocycles. The van der Waals surface area contributed by atoms with Crippen LogP contribution in [0.2, 0.25) is 5.02 Å². The maximum absolute atomic E-state index is 5.97. The average Bonchev–Trinajstić information content (AvgIpc) is 2.13. The van der Waals surface area contributed by atoms with E-state index in [0.29, 0.717) is 10.9 Å². The smallest absolute Gasteiger partial charge is 0.156 e. The number of benzene rings is 1. The highest BCUT2D eigenvalue weighted by molar-refractivity contribution is 9.10. The molecule has 0 aliphatic carbocycles. The van der Waals surface area contributed by atoms with E-state index in [9.17, 15) is 0 Å². The van der Waals surface area contributed by atoms with Crippen molar-refractivity contribution < 1.29 is 4.74 Å². The zero-order chi connectivity index (χ0) is 11.4. The van der Waals surface area contributed by atoms with Crippen LogP contribution < -0.4 is 10.1 Å². The van der Waals surface area contributed by atoms with Crippen LogP contribution in [0.25, 0.3) is 0 Å². The minimum atomic E-state index is 0.576. The molecule has 0 aromatic heterocycles. The predicted molar refractivity (Wildman–Crippen MR) is 69.0 cm³/mol. The molecule has 0 bridgehead atoms. The molecule has 1 aromatic rings. The molecule has 0 saturated heterocycles. The molecule has 84 valence electrons. The SMILES string of the molecule is COc1c(Br)cc(Cl)cc1NCC(C)C. The van der Waals surface area contributed by atoms with Crippen molar-refractivity contribution in [2.75, 3.05) is 19.0 Å². The molecule has 0 heterocycles. The summed E-state index contributed by atoms with van der Waals surface area (Å²) in [5, 5.41) is 3.99. The third kappa shape index (κ3) is 3.58. The fraction of sp³-hybridized carbons (Fsp3) is 0.455. The third-order valence-electron chi connectivity index (χ3n) is 1.91. The Kier molecular flexibility index (Phi) is 4.74. The van der Waals surface area contributed by atoms with Gasteiger partial charge in [0.05, 0.1) is 17.3 Å².